The molecule has 0 radical (unpaired) electrons. The molecular weight excluding hydrogens is 404 g/mol. The van der Waals surface area contributed by atoms with Crippen molar-refractivity contribution in [1.82, 2.24) is 5.32 Å². The minimum atomic E-state index is -3.92. The van der Waals surface area contributed by atoms with Gasteiger partial charge in [-0.1, -0.05) is 37.3 Å². The Hall–Kier alpha value is -2.72. The molecule has 1 atom stereocenters. The van der Waals surface area contributed by atoms with Crippen molar-refractivity contribution in [3.63, 3.8) is 0 Å². The van der Waals surface area contributed by atoms with Gasteiger partial charge in [0.05, 0.1) is 20.3 Å². The number of carbonyl (C=O) groups is 2. The molecule has 0 fully saturated rings. The van der Waals surface area contributed by atoms with Crippen LogP contribution in [-0.4, -0.2) is 58.3 Å². The highest BCUT2D eigenvalue weighted by atomic mass is 19.3. The first-order valence-corrected chi connectivity index (χ1v) is 9.19. The molecule has 8 nitrogen and oxygen atoms in total. The van der Waals surface area contributed by atoms with E-state index in [0.29, 0.717) is 5.56 Å². The SMILES string of the molecule is CC/C=C(\OCOCCOC)C(F)(F)C(NC(=O)OCc1ccccc1)C(=O)OC. The second-order valence-corrected chi connectivity index (χ2v) is 5.93. The van der Waals surface area contributed by atoms with Crippen LogP contribution in [0.25, 0.3) is 0 Å². The Bertz CT molecular complexity index is 683. The van der Waals surface area contributed by atoms with Crippen molar-refractivity contribution in [2.75, 3.05) is 34.2 Å². The Morgan fingerprint density at radius 2 is 1.83 bits per heavy atom. The number of hydrogen-bond donors (Lipinski definition) is 1. The number of hydrogen-bond acceptors (Lipinski definition) is 7. The maximum Gasteiger partial charge on any atom is 0.408 e. The summed E-state index contributed by atoms with van der Waals surface area (Å²) in [4.78, 5) is 24.0. The van der Waals surface area contributed by atoms with Gasteiger partial charge in [0.25, 0.3) is 0 Å². The average molecular weight is 431 g/mol. The maximum absolute atomic E-state index is 15.0. The highest BCUT2D eigenvalue weighted by molar-refractivity contribution is 5.83. The second kappa shape index (κ2) is 13.5. The zero-order valence-corrected chi connectivity index (χ0v) is 17.2. The number of amides is 1. The van der Waals surface area contributed by atoms with Gasteiger partial charge in [0, 0.05) is 7.11 Å². The number of alkyl halides is 2. The molecule has 0 aromatic heterocycles. The molecule has 0 bridgehead atoms. The fourth-order valence-corrected chi connectivity index (χ4v) is 2.22. The summed E-state index contributed by atoms with van der Waals surface area (Å²) in [6.45, 7) is 1.35. The molecule has 0 spiro atoms. The van der Waals surface area contributed by atoms with Gasteiger partial charge in [-0.15, -0.1) is 0 Å². The Morgan fingerprint density at radius 3 is 2.43 bits per heavy atom. The molecule has 0 aliphatic rings. The van der Waals surface area contributed by atoms with E-state index in [0.717, 1.165) is 13.2 Å². The van der Waals surface area contributed by atoms with E-state index in [4.69, 9.17) is 18.9 Å². The summed E-state index contributed by atoms with van der Waals surface area (Å²) in [5.41, 5.74) is 0.650. The van der Waals surface area contributed by atoms with E-state index in [-0.39, 0.29) is 26.2 Å². The van der Waals surface area contributed by atoms with Crippen LogP contribution < -0.4 is 5.32 Å². The van der Waals surface area contributed by atoms with E-state index in [2.05, 4.69) is 4.74 Å². The third-order valence-corrected chi connectivity index (χ3v) is 3.72. The maximum atomic E-state index is 15.0. The summed E-state index contributed by atoms with van der Waals surface area (Å²) in [5.74, 6) is -6.11. The van der Waals surface area contributed by atoms with Crippen LogP contribution in [0.1, 0.15) is 18.9 Å². The van der Waals surface area contributed by atoms with Crippen LogP contribution in [0.3, 0.4) is 0 Å². The predicted molar refractivity (Wildman–Crippen MR) is 103 cm³/mol. The lowest BCUT2D eigenvalue weighted by Gasteiger charge is -2.27. The van der Waals surface area contributed by atoms with Gasteiger partial charge >= 0.3 is 18.0 Å². The van der Waals surface area contributed by atoms with E-state index in [9.17, 15) is 9.59 Å². The van der Waals surface area contributed by atoms with Gasteiger partial charge in [-0.25, -0.2) is 9.59 Å². The smallest absolute Gasteiger partial charge is 0.408 e. The number of carbonyl (C=O) groups excluding carboxylic acids is 2. The van der Waals surface area contributed by atoms with Crippen molar-refractivity contribution in [1.29, 1.82) is 0 Å². The monoisotopic (exact) mass is 431 g/mol. The number of rotatable bonds is 13. The van der Waals surface area contributed by atoms with E-state index < -0.39 is 36.6 Å². The van der Waals surface area contributed by atoms with Gasteiger partial charge in [-0.05, 0) is 18.1 Å². The highest BCUT2D eigenvalue weighted by Crippen LogP contribution is 2.30. The van der Waals surface area contributed by atoms with E-state index >= 15 is 8.78 Å². The average Bonchev–Trinajstić information content (AvgIpc) is 2.75. The summed E-state index contributed by atoms with van der Waals surface area (Å²) in [7, 11) is 2.39. The Balaban J connectivity index is 2.84. The van der Waals surface area contributed by atoms with Crippen LogP contribution in [0.15, 0.2) is 42.2 Å². The zero-order chi connectivity index (χ0) is 22.4. The zero-order valence-electron chi connectivity index (χ0n) is 17.2. The summed E-state index contributed by atoms with van der Waals surface area (Å²) in [6, 6.07) is 6.27. The number of nitrogens with one attached hydrogen (secondary N) is 1. The van der Waals surface area contributed by atoms with Gasteiger partial charge in [0.15, 0.2) is 12.6 Å². The van der Waals surface area contributed by atoms with Crippen LogP contribution in [0, 0.1) is 0 Å². The summed E-state index contributed by atoms with van der Waals surface area (Å²) < 4.78 is 54.2. The minimum Gasteiger partial charge on any atom is -0.467 e. The Labute approximate surface area is 174 Å². The van der Waals surface area contributed by atoms with Gasteiger partial charge in [-0.2, -0.15) is 8.78 Å². The number of halogens is 2. The quantitative estimate of drug-likeness (QED) is 0.222. The Kier molecular flexibility index (Phi) is 11.4. The van der Waals surface area contributed by atoms with Gasteiger partial charge in [-0.3, -0.25) is 0 Å². The Morgan fingerprint density at radius 1 is 1.13 bits per heavy atom. The lowest BCUT2D eigenvalue weighted by atomic mass is 10.1. The third-order valence-electron chi connectivity index (χ3n) is 3.72. The molecule has 1 aromatic carbocycles. The molecule has 10 heteroatoms. The summed E-state index contributed by atoms with van der Waals surface area (Å²) in [5, 5.41) is 1.86. The molecule has 1 aromatic rings. The molecule has 1 N–H and O–H groups in total. The first kappa shape index (κ1) is 25.3. The first-order chi connectivity index (χ1) is 14.4. The molecule has 0 heterocycles. The molecule has 168 valence electrons. The molecule has 1 amide bonds. The van der Waals surface area contributed by atoms with Crippen molar-refractivity contribution < 1.29 is 42.1 Å². The number of methoxy groups -OCH3 is 2. The minimum absolute atomic E-state index is 0.131. The van der Waals surface area contributed by atoms with Gasteiger partial charge in [0.2, 0.25) is 6.04 Å². The van der Waals surface area contributed by atoms with Crippen LogP contribution >= 0.6 is 0 Å². The lowest BCUT2D eigenvalue weighted by molar-refractivity contribution is -0.157. The van der Waals surface area contributed by atoms with E-state index in [1.165, 1.54) is 7.11 Å². The first-order valence-electron chi connectivity index (χ1n) is 9.19. The van der Waals surface area contributed by atoms with Crippen molar-refractivity contribution >= 4 is 12.1 Å². The summed E-state index contributed by atoms with van der Waals surface area (Å²) in [6.07, 6.45) is 0.0724. The summed E-state index contributed by atoms with van der Waals surface area (Å²) >= 11 is 0. The molecule has 30 heavy (non-hydrogen) atoms. The van der Waals surface area contributed by atoms with Crippen LogP contribution in [0.2, 0.25) is 0 Å². The lowest BCUT2D eigenvalue weighted by Crippen LogP contribution is -2.54. The molecule has 0 aliphatic carbocycles. The van der Waals surface area contributed by atoms with Crippen LogP contribution in [0.4, 0.5) is 13.6 Å². The number of ether oxygens (including phenoxy) is 5. The number of esters is 1. The molecule has 0 saturated carbocycles. The van der Waals surface area contributed by atoms with Crippen molar-refractivity contribution in [2.24, 2.45) is 0 Å². The molecule has 0 aliphatic heterocycles. The number of allylic oxidation sites excluding steroid dienone is 1. The van der Waals surface area contributed by atoms with Gasteiger partial charge in [0.1, 0.15) is 6.61 Å². The molecule has 1 rings (SSSR count). The predicted octanol–water partition coefficient (Wildman–Crippen LogP) is 3.02. The third kappa shape index (κ3) is 8.34. The molecular formula is C20H27F2NO7. The topological polar surface area (TPSA) is 92.3 Å². The van der Waals surface area contributed by atoms with Crippen molar-refractivity contribution in [3.8, 4) is 0 Å². The van der Waals surface area contributed by atoms with Crippen LogP contribution in [0.5, 0.6) is 0 Å². The van der Waals surface area contributed by atoms with Gasteiger partial charge < -0.3 is 29.0 Å². The largest absolute Gasteiger partial charge is 0.467 e. The van der Waals surface area contributed by atoms with Crippen molar-refractivity contribution in [2.45, 2.75) is 31.9 Å². The van der Waals surface area contributed by atoms with Crippen molar-refractivity contribution in [3.05, 3.63) is 47.7 Å². The number of alkyl carbamates (subject to hydrolysis) is 1. The fraction of sp³-hybridized carbons (Fsp3) is 0.500. The highest BCUT2D eigenvalue weighted by Gasteiger charge is 2.51. The second-order valence-electron chi connectivity index (χ2n) is 5.93. The molecule has 1 unspecified atom stereocenters. The van der Waals surface area contributed by atoms with E-state index in [1.807, 2.05) is 5.32 Å². The standard InChI is InChI=1S/C20H27F2NO7/c1-4-8-16(30-14-28-12-11-26-2)20(21,22)17(18(24)27-3)23-19(25)29-13-15-9-6-5-7-10-15/h5-10,17H,4,11-14H2,1-3H3,(H,23,25)/b16-8-. The fourth-order valence-electron chi connectivity index (χ4n) is 2.22. The normalized spacial score (nSPS) is 12.8. The van der Waals surface area contributed by atoms with Crippen LogP contribution in [-0.2, 0) is 35.1 Å². The molecule has 0 saturated heterocycles. The van der Waals surface area contributed by atoms with E-state index in [1.54, 1.807) is 37.3 Å². The number of benzene rings is 1.